The minimum atomic E-state index is -4.12. The zero-order chi connectivity index (χ0) is 25.5. The van der Waals surface area contributed by atoms with E-state index in [-0.39, 0.29) is 24.3 Å². The quantitative estimate of drug-likeness (QED) is 0.245. The van der Waals surface area contributed by atoms with Crippen LogP contribution in [0.1, 0.15) is 35.7 Å². The molecule has 0 unspecified atom stereocenters. The Balaban J connectivity index is 1.75. The first-order valence-electron chi connectivity index (χ1n) is 11.0. The first-order valence-corrected chi connectivity index (χ1v) is 12.5. The summed E-state index contributed by atoms with van der Waals surface area (Å²) >= 11 is 0. The number of sulfone groups is 1. The molecule has 0 bridgehead atoms. The smallest absolute Gasteiger partial charge is 0.337 e. The summed E-state index contributed by atoms with van der Waals surface area (Å²) < 4.78 is 35.5. The van der Waals surface area contributed by atoms with E-state index >= 15 is 0 Å². The molecule has 1 heterocycles. The van der Waals surface area contributed by atoms with E-state index in [1.54, 1.807) is 36.7 Å². The Kier molecular flexibility index (Phi) is 8.51. The third kappa shape index (κ3) is 5.65. The van der Waals surface area contributed by atoms with Gasteiger partial charge in [0.1, 0.15) is 12.4 Å². The molecule has 9 nitrogen and oxygen atoms in total. The minimum Gasteiger partial charge on any atom is -0.481 e. The van der Waals surface area contributed by atoms with Gasteiger partial charge >= 0.3 is 5.97 Å². The van der Waals surface area contributed by atoms with E-state index in [4.69, 9.17) is 9.47 Å². The summed E-state index contributed by atoms with van der Waals surface area (Å²) in [6.45, 7) is 3.03. The fourth-order valence-corrected chi connectivity index (χ4v) is 6.00. The van der Waals surface area contributed by atoms with E-state index < -0.39 is 26.5 Å². The summed E-state index contributed by atoms with van der Waals surface area (Å²) in [6, 6.07) is 12.8. The Bertz CT molecular complexity index is 1210. The van der Waals surface area contributed by atoms with Gasteiger partial charge in [-0.3, -0.25) is 14.9 Å². The molecule has 0 aromatic heterocycles. The highest BCUT2D eigenvalue weighted by Crippen LogP contribution is 2.37. The summed E-state index contributed by atoms with van der Waals surface area (Å²) in [6.07, 6.45) is 0.0125. The predicted molar refractivity (Wildman–Crippen MR) is 128 cm³/mol. The van der Waals surface area contributed by atoms with Crippen LogP contribution in [-0.4, -0.2) is 62.0 Å². The van der Waals surface area contributed by atoms with Crippen molar-refractivity contribution in [2.75, 3.05) is 26.8 Å². The monoisotopic (exact) mass is 500 g/mol. The molecule has 3 rings (SSSR count). The average molecular weight is 501 g/mol. The van der Waals surface area contributed by atoms with Gasteiger partial charge in [0.25, 0.3) is 5.91 Å². The van der Waals surface area contributed by atoms with Crippen LogP contribution in [0.15, 0.2) is 53.4 Å². The van der Waals surface area contributed by atoms with E-state index in [9.17, 15) is 23.2 Å². The molecule has 2 N–H and O–H groups in total. The molecule has 0 atom stereocenters. The van der Waals surface area contributed by atoms with Gasteiger partial charge in [-0.2, -0.15) is 0 Å². The summed E-state index contributed by atoms with van der Waals surface area (Å²) in [7, 11) is -2.81. The van der Waals surface area contributed by atoms with E-state index in [1.807, 2.05) is 4.90 Å². The maximum Gasteiger partial charge on any atom is 0.337 e. The fourth-order valence-electron chi connectivity index (χ4n) is 4.05. The van der Waals surface area contributed by atoms with Gasteiger partial charge in [0.15, 0.2) is 14.6 Å². The van der Waals surface area contributed by atoms with Crippen molar-refractivity contribution in [2.45, 2.75) is 36.0 Å². The Labute approximate surface area is 204 Å². The third-order valence-electron chi connectivity index (χ3n) is 6.10. The molecule has 0 spiro atoms. The number of likely N-dealkylation sites (tertiary alicyclic amines) is 1. The van der Waals surface area contributed by atoms with Crippen LogP contribution >= 0.6 is 0 Å². The topological polar surface area (TPSA) is 122 Å². The molecule has 2 aromatic rings. The van der Waals surface area contributed by atoms with Crippen LogP contribution in [0, 0.1) is 11.8 Å². The molecular weight excluding hydrogens is 472 g/mol. The zero-order valence-corrected chi connectivity index (χ0v) is 20.4. The predicted octanol–water partition coefficient (Wildman–Crippen LogP) is 2.19. The van der Waals surface area contributed by atoms with Crippen molar-refractivity contribution in [1.29, 1.82) is 0 Å². The lowest BCUT2D eigenvalue weighted by Gasteiger charge is -2.39. The number of carbonyl (C=O) groups excluding carboxylic acids is 2. The van der Waals surface area contributed by atoms with Crippen molar-refractivity contribution >= 4 is 21.7 Å². The van der Waals surface area contributed by atoms with E-state index in [1.165, 1.54) is 31.4 Å². The third-order valence-corrected chi connectivity index (χ3v) is 8.61. The number of hydrogen-bond donors (Lipinski definition) is 2. The van der Waals surface area contributed by atoms with Crippen molar-refractivity contribution in [3.63, 3.8) is 0 Å². The molecule has 2 aromatic carbocycles. The number of nitrogens with zero attached hydrogens (tertiary/aromatic N) is 1. The van der Waals surface area contributed by atoms with Crippen molar-refractivity contribution < 1.29 is 32.7 Å². The summed E-state index contributed by atoms with van der Waals surface area (Å²) in [5, 5.41) is 9.37. The number of ether oxygens (including phenoxy) is 2. The first kappa shape index (κ1) is 26.2. The largest absolute Gasteiger partial charge is 0.481 e. The molecule has 186 valence electrons. The molecule has 1 saturated heterocycles. The highest BCUT2D eigenvalue weighted by molar-refractivity contribution is 7.93. The number of hydroxylamine groups is 1. The van der Waals surface area contributed by atoms with Crippen LogP contribution in [0.5, 0.6) is 5.75 Å². The first-order chi connectivity index (χ1) is 16.8. The van der Waals surface area contributed by atoms with Crippen LogP contribution in [0.2, 0.25) is 0 Å². The molecule has 1 aliphatic rings. The van der Waals surface area contributed by atoms with Gasteiger partial charge < -0.3 is 9.47 Å². The molecule has 35 heavy (non-hydrogen) atoms. The SMILES string of the molecule is CC#CCOc1ccc(S(=O)(=O)C2(C(=O)NO)CCN(Cc3ccc(C(=O)OC)cc3)CC2)cc1. The number of amides is 1. The highest BCUT2D eigenvalue weighted by Gasteiger charge is 2.52. The Morgan fingerprint density at radius 2 is 1.71 bits per heavy atom. The van der Waals surface area contributed by atoms with Gasteiger partial charge in [-0.1, -0.05) is 18.1 Å². The second-order valence-electron chi connectivity index (χ2n) is 8.09. The minimum absolute atomic E-state index is 0.00626. The molecule has 1 aliphatic heterocycles. The Morgan fingerprint density at radius 1 is 1.09 bits per heavy atom. The summed E-state index contributed by atoms with van der Waals surface area (Å²) in [4.78, 5) is 26.3. The van der Waals surface area contributed by atoms with Crippen LogP contribution in [0.25, 0.3) is 0 Å². The van der Waals surface area contributed by atoms with Crippen molar-refractivity contribution in [3.8, 4) is 17.6 Å². The van der Waals surface area contributed by atoms with Crippen LogP contribution < -0.4 is 10.2 Å². The summed E-state index contributed by atoms with van der Waals surface area (Å²) in [5.74, 6) is 4.55. The molecular formula is C25H28N2O7S. The van der Waals surface area contributed by atoms with Crippen LogP contribution in [0.3, 0.4) is 0 Å². The highest BCUT2D eigenvalue weighted by atomic mass is 32.2. The molecule has 10 heteroatoms. The van der Waals surface area contributed by atoms with Gasteiger partial charge in [-0.05, 0) is 61.7 Å². The van der Waals surface area contributed by atoms with E-state index in [0.29, 0.717) is 30.9 Å². The number of rotatable bonds is 8. The number of hydrogen-bond acceptors (Lipinski definition) is 8. The second kappa shape index (κ2) is 11.4. The van der Waals surface area contributed by atoms with Crippen LogP contribution in [0.4, 0.5) is 0 Å². The van der Waals surface area contributed by atoms with Gasteiger partial charge in [0.05, 0.1) is 17.6 Å². The number of benzene rings is 2. The normalized spacial score (nSPS) is 15.4. The lowest BCUT2D eigenvalue weighted by Crippen LogP contribution is -2.57. The van der Waals surface area contributed by atoms with E-state index in [2.05, 4.69) is 11.8 Å². The summed E-state index contributed by atoms with van der Waals surface area (Å²) in [5.41, 5.74) is 2.94. The van der Waals surface area contributed by atoms with Gasteiger partial charge in [0.2, 0.25) is 0 Å². The lowest BCUT2D eigenvalue weighted by atomic mass is 9.94. The van der Waals surface area contributed by atoms with E-state index in [0.717, 1.165) is 5.56 Å². The maximum absolute atomic E-state index is 13.6. The standard InChI is InChI=1S/C25H28N2O7S/c1-3-4-17-34-21-9-11-22(12-10-21)35(31,32)25(24(29)26-30)13-15-27(16-14-25)18-19-5-7-20(8-6-19)23(28)33-2/h5-12,30H,13-18H2,1-2H3,(H,26,29). The number of esters is 1. The molecule has 0 saturated carbocycles. The number of methoxy groups -OCH3 is 1. The van der Waals surface area contributed by atoms with Crippen molar-refractivity contribution in [3.05, 3.63) is 59.7 Å². The number of piperidine rings is 1. The Morgan fingerprint density at radius 3 is 2.26 bits per heavy atom. The maximum atomic E-state index is 13.6. The van der Waals surface area contributed by atoms with Gasteiger partial charge in [0, 0.05) is 19.6 Å². The van der Waals surface area contributed by atoms with Crippen molar-refractivity contribution in [2.24, 2.45) is 0 Å². The molecule has 0 aliphatic carbocycles. The number of carbonyl (C=O) groups is 2. The van der Waals surface area contributed by atoms with Crippen molar-refractivity contribution in [1.82, 2.24) is 10.4 Å². The lowest BCUT2D eigenvalue weighted by molar-refractivity contribution is -0.133. The zero-order valence-electron chi connectivity index (χ0n) is 19.6. The number of nitrogens with one attached hydrogen (secondary N) is 1. The molecule has 0 radical (unpaired) electrons. The van der Waals surface area contributed by atoms with Crippen LogP contribution in [-0.2, 0) is 25.9 Å². The van der Waals surface area contributed by atoms with Gasteiger partial charge in [-0.15, -0.1) is 5.92 Å². The van der Waals surface area contributed by atoms with Gasteiger partial charge in [-0.25, -0.2) is 18.7 Å². The fraction of sp³-hybridized carbons (Fsp3) is 0.360. The Hall–Kier alpha value is -3.39. The average Bonchev–Trinajstić information content (AvgIpc) is 2.89. The molecule has 1 fully saturated rings. The second-order valence-corrected chi connectivity index (χ2v) is 10.3. The molecule has 1 amide bonds.